The Bertz CT molecular complexity index is 798. The van der Waals surface area contributed by atoms with Crippen LogP contribution in [-0.4, -0.2) is 52.6 Å². The van der Waals surface area contributed by atoms with Crippen LogP contribution in [0.3, 0.4) is 0 Å². The lowest BCUT2D eigenvalue weighted by Crippen LogP contribution is -2.48. The minimum Gasteiger partial charge on any atom is -0.369 e. The summed E-state index contributed by atoms with van der Waals surface area (Å²) in [5.74, 6) is -0.226. The number of hydrogen-bond donors (Lipinski definition) is 1. The van der Waals surface area contributed by atoms with Gasteiger partial charge in [0.25, 0.3) is 0 Å². The second-order valence-corrected chi connectivity index (χ2v) is 9.35. The third-order valence-corrected chi connectivity index (χ3v) is 7.22. The molecule has 1 fully saturated rings. The Hall–Kier alpha value is -1.48. The van der Waals surface area contributed by atoms with E-state index in [2.05, 4.69) is 14.5 Å². The van der Waals surface area contributed by atoms with Crippen molar-refractivity contribution < 1.29 is 12.8 Å². The first-order chi connectivity index (χ1) is 11.9. The van der Waals surface area contributed by atoms with Crippen LogP contribution in [0.4, 0.5) is 10.1 Å². The molecule has 8 heteroatoms. The standard InChI is InChI=1S/C17H22FN3O2S2/c1-14-2-7-17(24-14)25(22,23)19-8-9-20-10-12-21(13-11-20)16-5-3-15(18)4-6-16/h2-7,19H,8-13H2,1H3. The van der Waals surface area contributed by atoms with Gasteiger partial charge in [0.1, 0.15) is 10.0 Å². The number of aryl methyl sites for hydroxylation is 1. The molecule has 1 aromatic heterocycles. The SMILES string of the molecule is Cc1ccc(S(=O)(=O)NCCN2CCN(c3ccc(F)cc3)CC2)s1. The van der Waals surface area contributed by atoms with Gasteiger partial charge in [-0.2, -0.15) is 0 Å². The maximum absolute atomic E-state index is 13.0. The highest BCUT2D eigenvalue weighted by Crippen LogP contribution is 2.20. The number of halogens is 1. The molecule has 0 radical (unpaired) electrons. The monoisotopic (exact) mass is 383 g/mol. The third kappa shape index (κ3) is 4.78. The van der Waals surface area contributed by atoms with Crippen molar-refractivity contribution in [3.63, 3.8) is 0 Å². The molecule has 136 valence electrons. The number of hydrogen-bond acceptors (Lipinski definition) is 5. The predicted octanol–water partition coefficient (Wildman–Crippen LogP) is 2.30. The third-order valence-electron chi connectivity index (χ3n) is 4.26. The van der Waals surface area contributed by atoms with Crippen LogP contribution in [0, 0.1) is 12.7 Å². The van der Waals surface area contributed by atoms with E-state index in [1.54, 1.807) is 18.2 Å². The van der Waals surface area contributed by atoms with E-state index in [1.807, 2.05) is 13.0 Å². The van der Waals surface area contributed by atoms with Gasteiger partial charge in [0.05, 0.1) is 0 Å². The van der Waals surface area contributed by atoms with Gasteiger partial charge in [0.15, 0.2) is 0 Å². The molecule has 0 atom stereocenters. The molecule has 1 aliphatic rings. The van der Waals surface area contributed by atoms with Gasteiger partial charge < -0.3 is 4.90 Å². The Morgan fingerprint density at radius 3 is 2.36 bits per heavy atom. The van der Waals surface area contributed by atoms with E-state index in [4.69, 9.17) is 0 Å². The first-order valence-corrected chi connectivity index (χ1v) is 10.5. The molecule has 1 saturated heterocycles. The van der Waals surface area contributed by atoms with Crippen molar-refractivity contribution in [1.82, 2.24) is 9.62 Å². The molecule has 2 aromatic rings. The molecule has 2 heterocycles. The summed E-state index contributed by atoms with van der Waals surface area (Å²) in [6, 6.07) is 9.99. The predicted molar refractivity (Wildman–Crippen MR) is 99.3 cm³/mol. The van der Waals surface area contributed by atoms with E-state index in [-0.39, 0.29) is 5.82 Å². The number of nitrogens with one attached hydrogen (secondary N) is 1. The second-order valence-electron chi connectivity index (χ2n) is 6.07. The van der Waals surface area contributed by atoms with Crippen molar-refractivity contribution in [2.24, 2.45) is 0 Å². The summed E-state index contributed by atoms with van der Waals surface area (Å²) in [4.78, 5) is 5.44. The molecular weight excluding hydrogens is 361 g/mol. The fourth-order valence-corrected chi connectivity index (χ4v) is 5.20. The average Bonchev–Trinajstić information content (AvgIpc) is 3.04. The van der Waals surface area contributed by atoms with E-state index in [1.165, 1.54) is 23.5 Å². The molecular formula is C17H22FN3O2S2. The van der Waals surface area contributed by atoms with Gasteiger partial charge in [0.2, 0.25) is 10.0 Å². The summed E-state index contributed by atoms with van der Waals surface area (Å²) in [6.07, 6.45) is 0. The van der Waals surface area contributed by atoms with Gasteiger partial charge in [-0.15, -0.1) is 11.3 Å². The van der Waals surface area contributed by atoms with Crippen LogP contribution in [-0.2, 0) is 10.0 Å². The minimum absolute atomic E-state index is 0.226. The van der Waals surface area contributed by atoms with Crippen LogP contribution in [0.1, 0.15) is 4.88 Å². The molecule has 0 spiro atoms. The zero-order valence-corrected chi connectivity index (χ0v) is 15.7. The first kappa shape index (κ1) is 18.3. The quantitative estimate of drug-likeness (QED) is 0.832. The van der Waals surface area contributed by atoms with Gasteiger partial charge in [-0.3, -0.25) is 4.90 Å². The topological polar surface area (TPSA) is 52.7 Å². The lowest BCUT2D eigenvalue weighted by atomic mass is 10.2. The number of piperazine rings is 1. The molecule has 25 heavy (non-hydrogen) atoms. The smallest absolute Gasteiger partial charge is 0.250 e. The van der Waals surface area contributed by atoms with E-state index in [9.17, 15) is 12.8 Å². The highest BCUT2D eigenvalue weighted by molar-refractivity contribution is 7.91. The number of benzene rings is 1. The Labute approximate surface area is 152 Å². The Morgan fingerprint density at radius 1 is 1.08 bits per heavy atom. The van der Waals surface area contributed by atoms with E-state index in [0.717, 1.165) is 36.7 Å². The van der Waals surface area contributed by atoms with Crippen molar-refractivity contribution in [3.05, 3.63) is 47.1 Å². The fraction of sp³-hybridized carbons (Fsp3) is 0.412. The van der Waals surface area contributed by atoms with E-state index < -0.39 is 10.0 Å². The molecule has 0 bridgehead atoms. The van der Waals surface area contributed by atoms with Crippen molar-refractivity contribution in [2.75, 3.05) is 44.2 Å². The maximum atomic E-state index is 13.0. The molecule has 1 N–H and O–H groups in total. The zero-order valence-electron chi connectivity index (χ0n) is 14.1. The Balaban J connectivity index is 1.44. The number of rotatable bonds is 6. The average molecular weight is 384 g/mol. The number of anilines is 1. The van der Waals surface area contributed by atoms with Crippen LogP contribution < -0.4 is 9.62 Å². The van der Waals surface area contributed by atoms with E-state index in [0.29, 0.717) is 17.3 Å². The van der Waals surface area contributed by atoms with Crippen molar-refractivity contribution in [1.29, 1.82) is 0 Å². The lowest BCUT2D eigenvalue weighted by Gasteiger charge is -2.36. The highest BCUT2D eigenvalue weighted by Gasteiger charge is 2.19. The Morgan fingerprint density at radius 2 is 1.76 bits per heavy atom. The molecule has 5 nitrogen and oxygen atoms in total. The maximum Gasteiger partial charge on any atom is 0.250 e. The summed E-state index contributed by atoms with van der Waals surface area (Å²) in [6.45, 7) is 6.39. The van der Waals surface area contributed by atoms with Gasteiger partial charge in [0, 0.05) is 49.8 Å². The van der Waals surface area contributed by atoms with Gasteiger partial charge >= 0.3 is 0 Å². The molecule has 1 aromatic carbocycles. The Kier molecular flexibility index (Phi) is 5.73. The van der Waals surface area contributed by atoms with Gasteiger partial charge in [-0.1, -0.05) is 0 Å². The fourth-order valence-electron chi connectivity index (χ4n) is 2.85. The zero-order chi connectivity index (χ0) is 17.9. The van der Waals surface area contributed by atoms with Crippen LogP contribution in [0.2, 0.25) is 0 Å². The molecule has 0 unspecified atom stereocenters. The van der Waals surface area contributed by atoms with Crippen LogP contribution in [0.15, 0.2) is 40.6 Å². The van der Waals surface area contributed by atoms with Gasteiger partial charge in [-0.05, 0) is 43.3 Å². The molecule has 0 saturated carbocycles. The first-order valence-electron chi connectivity index (χ1n) is 8.23. The summed E-state index contributed by atoms with van der Waals surface area (Å²) >= 11 is 1.28. The van der Waals surface area contributed by atoms with Crippen molar-refractivity contribution in [3.8, 4) is 0 Å². The normalized spacial score (nSPS) is 16.3. The number of thiophene rings is 1. The van der Waals surface area contributed by atoms with Gasteiger partial charge in [-0.25, -0.2) is 17.5 Å². The number of sulfonamides is 1. The lowest BCUT2D eigenvalue weighted by molar-refractivity contribution is 0.262. The van der Waals surface area contributed by atoms with Crippen LogP contribution in [0.25, 0.3) is 0 Å². The molecule has 0 aliphatic carbocycles. The molecule has 3 rings (SSSR count). The van der Waals surface area contributed by atoms with Crippen molar-refractivity contribution >= 4 is 27.0 Å². The van der Waals surface area contributed by atoms with Crippen LogP contribution >= 0.6 is 11.3 Å². The second kappa shape index (κ2) is 7.82. The minimum atomic E-state index is -3.40. The summed E-state index contributed by atoms with van der Waals surface area (Å²) in [5.41, 5.74) is 1.02. The molecule has 1 aliphatic heterocycles. The molecule has 0 amide bonds. The number of nitrogens with zero attached hydrogens (tertiary/aromatic N) is 2. The summed E-state index contributed by atoms with van der Waals surface area (Å²) < 4.78 is 40.4. The summed E-state index contributed by atoms with van der Waals surface area (Å²) in [7, 11) is -3.40. The van der Waals surface area contributed by atoms with Crippen molar-refractivity contribution in [2.45, 2.75) is 11.1 Å². The summed E-state index contributed by atoms with van der Waals surface area (Å²) in [5, 5.41) is 0. The van der Waals surface area contributed by atoms with Crippen LogP contribution in [0.5, 0.6) is 0 Å². The largest absolute Gasteiger partial charge is 0.369 e. The van der Waals surface area contributed by atoms with E-state index >= 15 is 0 Å². The highest BCUT2D eigenvalue weighted by atomic mass is 32.2.